The van der Waals surface area contributed by atoms with Crippen molar-refractivity contribution in [1.82, 2.24) is 0 Å². The number of hydrogen-bond acceptors (Lipinski definition) is 5. The summed E-state index contributed by atoms with van der Waals surface area (Å²) in [4.78, 5) is 10.6. The maximum Gasteiger partial charge on any atom is 0.292 e. The largest absolute Gasteiger partial charge is 0.497 e. The van der Waals surface area contributed by atoms with Crippen molar-refractivity contribution < 1.29 is 14.8 Å². The van der Waals surface area contributed by atoms with Gasteiger partial charge in [0.05, 0.1) is 12.0 Å². The van der Waals surface area contributed by atoms with Crippen LogP contribution in [0.4, 0.5) is 17.1 Å². The third-order valence-corrected chi connectivity index (χ3v) is 3.03. The average Bonchev–Trinajstić information content (AvgIpc) is 2.49. The number of rotatable bonds is 6. The summed E-state index contributed by atoms with van der Waals surface area (Å²) in [5.74, 6) is 0.542. The lowest BCUT2D eigenvalue weighted by Crippen LogP contribution is -1.98. The monoisotopic (exact) mass is 288 g/mol. The van der Waals surface area contributed by atoms with Gasteiger partial charge in [0.2, 0.25) is 0 Å². The van der Waals surface area contributed by atoms with E-state index < -0.39 is 4.92 Å². The fraction of sp³-hybridized carbons (Fsp3) is 0.200. The van der Waals surface area contributed by atoms with E-state index in [1.54, 1.807) is 12.1 Å². The van der Waals surface area contributed by atoms with Crippen molar-refractivity contribution in [3.8, 4) is 5.75 Å². The molecule has 0 radical (unpaired) electrons. The van der Waals surface area contributed by atoms with Crippen LogP contribution in [0.25, 0.3) is 0 Å². The number of ether oxygens (including phenoxy) is 1. The highest BCUT2D eigenvalue weighted by Crippen LogP contribution is 2.31. The molecule has 0 heterocycles. The number of methoxy groups -OCH3 is 1. The summed E-state index contributed by atoms with van der Waals surface area (Å²) < 4.78 is 5.09. The van der Waals surface area contributed by atoms with Gasteiger partial charge in [0.25, 0.3) is 5.69 Å². The van der Waals surface area contributed by atoms with Crippen LogP contribution < -0.4 is 10.1 Å². The lowest BCUT2D eigenvalue weighted by atomic mass is 10.1. The van der Waals surface area contributed by atoms with E-state index in [1.807, 2.05) is 24.3 Å². The minimum atomic E-state index is -0.443. The number of nitrogens with one attached hydrogen (secondary N) is 1. The fourth-order valence-electron chi connectivity index (χ4n) is 1.94. The number of anilines is 2. The Hall–Kier alpha value is -2.60. The Bertz CT molecular complexity index is 626. The summed E-state index contributed by atoms with van der Waals surface area (Å²) in [6.45, 7) is 0.0914. The first-order valence-electron chi connectivity index (χ1n) is 6.43. The lowest BCUT2D eigenvalue weighted by Gasteiger charge is -2.09. The van der Waals surface area contributed by atoms with Gasteiger partial charge in [0.15, 0.2) is 0 Å². The Morgan fingerprint density at radius 1 is 1.24 bits per heavy atom. The molecule has 2 aromatic carbocycles. The van der Waals surface area contributed by atoms with Crippen molar-refractivity contribution in [3.05, 3.63) is 58.1 Å². The van der Waals surface area contributed by atoms with Gasteiger partial charge in [0, 0.05) is 24.4 Å². The molecule has 2 aromatic rings. The number of nitrogens with zero attached hydrogens (tertiary/aromatic N) is 1. The van der Waals surface area contributed by atoms with E-state index in [1.165, 1.54) is 13.2 Å². The summed E-state index contributed by atoms with van der Waals surface area (Å²) in [7, 11) is 1.51. The molecule has 2 N–H and O–H groups in total. The maximum absolute atomic E-state index is 11.0. The van der Waals surface area contributed by atoms with Crippen LogP contribution in [0.2, 0.25) is 0 Å². The van der Waals surface area contributed by atoms with E-state index in [-0.39, 0.29) is 12.3 Å². The van der Waals surface area contributed by atoms with Crippen molar-refractivity contribution >= 4 is 17.1 Å². The van der Waals surface area contributed by atoms with E-state index in [4.69, 9.17) is 9.84 Å². The Labute approximate surface area is 122 Å². The first-order chi connectivity index (χ1) is 10.1. The van der Waals surface area contributed by atoms with Gasteiger partial charge >= 0.3 is 0 Å². The molecule has 0 unspecified atom stereocenters. The van der Waals surface area contributed by atoms with Gasteiger partial charge < -0.3 is 15.2 Å². The molecule has 0 fully saturated rings. The molecule has 0 bridgehead atoms. The Morgan fingerprint density at radius 2 is 1.95 bits per heavy atom. The SMILES string of the molecule is COc1ccc([N+](=O)[O-])c(Nc2ccc(CCO)cc2)c1. The van der Waals surface area contributed by atoms with Crippen molar-refractivity contribution in [3.63, 3.8) is 0 Å². The molecule has 0 spiro atoms. The van der Waals surface area contributed by atoms with Crippen molar-refractivity contribution in [2.75, 3.05) is 19.0 Å². The first kappa shape index (κ1) is 14.8. The summed E-state index contributed by atoms with van der Waals surface area (Å²) in [6, 6.07) is 11.9. The lowest BCUT2D eigenvalue weighted by molar-refractivity contribution is -0.383. The quantitative estimate of drug-likeness (QED) is 0.630. The molecule has 0 aliphatic rings. The van der Waals surface area contributed by atoms with Crippen LogP contribution in [0, 0.1) is 10.1 Å². The minimum Gasteiger partial charge on any atom is -0.497 e. The Balaban J connectivity index is 2.26. The molecule has 21 heavy (non-hydrogen) atoms. The van der Waals surface area contributed by atoms with Gasteiger partial charge in [0.1, 0.15) is 11.4 Å². The molecule has 0 aliphatic heterocycles. The van der Waals surface area contributed by atoms with Gasteiger partial charge in [-0.25, -0.2) is 0 Å². The molecule has 110 valence electrons. The van der Waals surface area contributed by atoms with E-state index >= 15 is 0 Å². The third-order valence-electron chi connectivity index (χ3n) is 3.03. The average molecular weight is 288 g/mol. The molecule has 0 saturated heterocycles. The van der Waals surface area contributed by atoms with Gasteiger partial charge in [-0.1, -0.05) is 12.1 Å². The smallest absolute Gasteiger partial charge is 0.292 e. The standard InChI is InChI=1S/C15H16N2O4/c1-21-13-6-7-15(17(19)20)14(10-13)16-12-4-2-11(3-5-12)8-9-18/h2-7,10,16,18H,8-9H2,1H3. The summed E-state index contributed by atoms with van der Waals surface area (Å²) >= 11 is 0. The highest BCUT2D eigenvalue weighted by molar-refractivity contribution is 5.71. The van der Waals surface area contributed by atoms with Crippen molar-refractivity contribution in [2.24, 2.45) is 0 Å². The second kappa shape index (κ2) is 6.71. The number of nitro groups is 1. The molecular weight excluding hydrogens is 272 g/mol. The minimum absolute atomic E-state index is 0.0183. The number of benzene rings is 2. The summed E-state index contributed by atoms with van der Waals surface area (Å²) in [5.41, 5.74) is 2.08. The molecule has 2 rings (SSSR count). The van der Waals surface area contributed by atoms with Gasteiger partial charge in [-0.3, -0.25) is 10.1 Å². The highest BCUT2D eigenvalue weighted by Gasteiger charge is 2.14. The molecule has 0 atom stereocenters. The van der Waals surface area contributed by atoms with Crippen LogP contribution in [0.1, 0.15) is 5.56 Å². The molecule has 0 amide bonds. The summed E-state index contributed by atoms with van der Waals surface area (Å²) in [5, 5.41) is 22.9. The second-order valence-corrected chi connectivity index (χ2v) is 4.44. The summed E-state index contributed by atoms with van der Waals surface area (Å²) in [6.07, 6.45) is 0.583. The predicted molar refractivity (Wildman–Crippen MR) is 80.2 cm³/mol. The molecular formula is C15H16N2O4. The zero-order chi connectivity index (χ0) is 15.2. The van der Waals surface area contributed by atoms with Gasteiger partial charge in [-0.2, -0.15) is 0 Å². The number of aliphatic hydroxyl groups is 1. The van der Waals surface area contributed by atoms with Crippen LogP contribution in [0.15, 0.2) is 42.5 Å². The number of aliphatic hydroxyl groups excluding tert-OH is 1. The van der Waals surface area contributed by atoms with Crippen LogP contribution in [-0.2, 0) is 6.42 Å². The Kier molecular flexibility index (Phi) is 4.73. The van der Waals surface area contributed by atoms with Crippen LogP contribution in [0.5, 0.6) is 5.75 Å². The van der Waals surface area contributed by atoms with Crippen molar-refractivity contribution in [1.29, 1.82) is 0 Å². The predicted octanol–water partition coefficient (Wildman–Crippen LogP) is 2.88. The molecule has 0 aromatic heterocycles. The zero-order valence-corrected chi connectivity index (χ0v) is 11.6. The topological polar surface area (TPSA) is 84.6 Å². The second-order valence-electron chi connectivity index (χ2n) is 4.44. The Morgan fingerprint density at radius 3 is 2.52 bits per heavy atom. The van der Waals surface area contributed by atoms with Crippen LogP contribution >= 0.6 is 0 Å². The molecule has 0 aliphatic carbocycles. The van der Waals surface area contributed by atoms with E-state index in [2.05, 4.69) is 5.32 Å². The van der Waals surface area contributed by atoms with Crippen LogP contribution in [-0.4, -0.2) is 23.7 Å². The van der Waals surface area contributed by atoms with Gasteiger partial charge in [-0.05, 0) is 30.2 Å². The maximum atomic E-state index is 11.0. The van der Waals surface area contributed by atoms with E-state index in [9.17, 15) is 10.1 Å². The van der Waals surface area contributed by atoms with E-state index in [0.717, 1.165) is 11.3 Å². The van der Waals surface area contributed by atoms with Crippen molar-refractivity contribution in [2.45, 2.75) is 6.42 Å². The molecule has 0 saturated carbocycles. The zero-order valence-electron chi connectivity index (χ0n) is 11.6. The third kappa shape index (κ3) is 3.70. The van der Waals surface area contributed by atoms with Gasteiger partial charge in [-0.15, -0.1) is 0 Å². The first-order valence-corrected chi connectivity index (χ1v) is 6.43. The normalized spacial score (nSPS) is 10.2. The molecule has 6 heteroatoms. The van der Waals surface area contributed by atoms with Crippen LogP contribution in [0.3, 0.4) is 0 Å². The number of nitro benzene ring substituents is 1. The highest BCUT2D eigenvalue weighted by atomic mass is 16.6. The molecule has 6 nitrogen and oxygen atoms in total. The van der Waals surface area contributed by atoms with E-state index in [0.29, 0.717) is 17.9 Å². The fourth-order valence-corrected chi connectivity index (χ4v) is 1.94. The number of hydrogen-bond donors (Lipinski definition) is 2.